The maximum Gasteiger partial charge on any atom is 0.264 e. The fraction of sp³-hybridized carbons (Fsp3) is 0.200. The number of amides is 1. The van der Waals surface area contributed by atoms with E-state index in [1.165, 1.54) is 30.3 Å². The van der Waals surface area contributed by atoms with Gasteiger partial charge in [0.25, 0.3) is 15.9 Å². The van der Waals surface area contributed by atoms with Crippen molar-refractivity contribution in [2.24, 2.45) is 5.10 Å². The summed E-state index contributed by atoms with van der Waals surface area (Å²) < 4.78 is 33.3. The second-order valence-corrected chi connectivity index (χ2v) is 10.4. The van der Waals surface area contributed by atoms with E-state index >= 15 is 0 Å². The molecule has 0 fully saturated rings. The van der Waals surface area contributed by atoms with E-state index in [0.29, 0.717) is 12.3 Å². The Labute approximate surface area is 215 Å². The van der Waals surface area contributed by atoms with E-state index in [9.17, 15) is 13.2 Å². The Morgan fingerprint density at radius 3 is 2.17 bits per heavy atom. The van der Waals surface area contributed by atoms with Gasteiger partial charge in [0.1, 0.15) is 12.3 Å². The van der Waals surface area contributed by atoms with E-state index in [1.807, 2.05) is 26.0 Å². The van der Waals surface area contributed by atoms with Crippen LogP contribution in [0.4, 0.5) is 5.69 Å². The number of halogens is 2. The van der Waals surface area contributed by atoms with Gasteiger partial charge in [-0.2, -0.15) is 5.10 Å². The molecule has 3 aromatic rings. The van der Waals surface area contributed by atoms with Gasteiger partial charge in [-0.1, -0.05) is 40.9 Å². The maximum atomic E-state index is 13.5. The number of carbonyl (C=O) groups excluding carboxylic acids is 1. The highest BCUT2D eigenvalue weighted by Gasteiger charge is 2.28. The first-order chi connectivity index (χ1) is 16.6. The molecule has 0 saturated carbocycles. The number of anilines is 1. The van der Waals surface area contributed by atoms with Crippen LogP contribution in [0.5, 0.6) is 5.75 Å². The van der Waals surface area contributed by atoms with Gasteiger partial charge >= 0.3 is 0 Å². The van der Waals surface area contributed by atoms with E-state index < -0.39 is 22.5 Å². The molecule has 0 aliphatic rings. The van der Waals surface area contributed by atoms with Crippen LogP contribution in [-0.4, -0.2) is 33.2 Å². The molecule has 3 rings (SSSR count). The third-order valence-corrected chi connectivity index (χ3v) is 7.19. The van der Waals surface area contributed by atoms with Crippen molar-refractivity contribution in [2.45, 2.75) is 25.7 Å². The summed E-state index contributed by atoms with van der Waals surface area (Å²) in [5.41, 5.74) is 4.81. The van der Waals surface area contributed by atoms with Crippen molar-refractivity contribution in [2.75, 3.05) is 17.5 Å². The molecule has 0 heterocycles. The number of nitrogens with one attached hydrogen (secondary N) is 1. The van der Waals surface area contributed by atoms with E-state index in [4.69, 9.17) is 27.9 Å². The van der Waals surface area contributed by atoms with Crippen molar-refractivity contribution in [3.8, 4) is 5.75 Å². The Morgan fingerprint density at radius 2 is 1.60 bits per heavy atom. The van der Waals surface area contributed by atoms with Gasteiger partial charge in [-0.05, 0) is 80.9 Å². The number of benzene rings is 3. The minimum Gasteiger partial charge on any atom is -0.494 e. The van der Waals surface area contributed by atoms with Gasteiger partial charge in [0, 0.05) is 10.0 Å². The predicted octanol–water partition coefficient (Wildman–Crippen LogP) is 5.44. The number of carbonyl (C=O) groups is 1. The highest BCUT2D eigenvalue weighted by molar-refractivity contribution is 7.92. The molecule has 1 amide bonds. The van der Waals surface area contributed by atoms with Crippen LogP contribution in [0.3, 0.4) is 0 Å². The normalized spacial score (nSPS) is 11.7. The molecule has 0 spiro atoms. The lowest BCUT2D eigenvalue weighted by atomic mass is 10.1. The van der Waals surface area contributed by atoms with E-state index in [-0.39, 0.29) is 20.6 Å². The molecule has 0 saturated heterocycles. The number of sulfonamides is 1. The fourth-order valence-electron chi connectivity index (χ4n) is 3.17. The number of ether oxygens (including phenoxy) is 1. The number of hydrogen-bond acceptors (Lipinski definition) is 5. The monoisotopic (exact) mass is 533 g/mol. The van der Waals surface area contributed by atoms with Crippen LogP contribution in [0.25, 0.3) is 0 Å². The smallest absolute Gasteiger partial charge is 0.264 e. The Balaban J connectivity index is 1.86. The molecule has 35 heavy (non-hydrogen) atoms. The lowest BCUT2D eigenvalue weighted by molar-refractivity contribution is -0.119. The largest absolute Gasteiger partial charge is 0.494 e. The Hall–Kier alpha value is -3.07. The zero-order valence-corrected chi connectivity index (χ0v) is 21.8. The number of hydrazone groups is 1. The summed E-state index contributed by atoms with van der Waals surface area (Å²) in [6, 6.07) is 17.9. The second-order valence-electron chi connectivity index (χ2n) is 7.64. The average molecular weight is 534 g/mol. The Morgan fingerprint density at radius 1 is 1.00 bits per heavy atom. The second kappa shape index (κ2) is 11.6. The molecular formula is C25H25Cl2N3O4S. The fourth-order valence-corrected chi connectivity index (χ4v) is 5.09. The number of hydrogen-bond donors (Lipinski definition) is 1. The highest BCUT2D eigenvalue weighted by Crippen LogP contribution is 2.29. The van der Waals surface area contributed by atoms with Gasteiger partial charge in [0.05, 0.1) is 22.9 Å². The predicted molar refractivity (Wildman–Crippen MR) is 140 cm³/mol. The number of nitrogens with zero attached hydrogens (tertiary/aromatic N) is 2. The molecule has 7 nitrogen and oxygen atoms in total. The quantitative estimate of drug-likeness (QED) is 0.293. The van der Waals surface area contributed by atoms with Gasteiger partial charge in [-0.25, -0.2) is 13.8 Å². The lowest BCUT2D eigenvalue weighted by Crippen LogP contribution is -2.39. The summed E-state index contributed by atoms with van der Waals surface area (Å²) in [6.45, 7) is 5.50. The molecule has 1 N–H and O–H groups in total. The molecule has 0 bridgehead atoms. The summed E-state index contributed by atoms with van der Waals surface area (Å²) in [6.07, 6.45) is 0. The minimum absolute atomic E-state index is 0.0288. The van der Waals surface area contributed by atoms with Crippen LogP contribution in [0.2, 0.25) is 10.0 Å². The zero-order chi connectivity index (χ0) is 25.6. The average Bonchev–Trinajstić information content (AvgIpc) is 2.81. The van der Waals surface area contributed by atoms with Gasteiger partial charge in [-0.15, -0.1) is 0 Å². The van der Waals surface area contributed by atoms with Crippen LogP contribution in [0.15, 0.2) is 76.7 Å². The summed E-state index contributed by atoms with van der Waals surface area (Å²) in [5, 5.41) is 4.60. The van der Waals surface area contributed by atoms with Crippen LogP contribution in [0, 0.1) is 6.92 Å². The van der Waals surface area contributed by atoms with Gasteiger partial charge in [0.15, 0.2) is 0 Å². The van der Waals surface area contributed by atoms with Crippen molar-refractivity contribution in [3.05, 3.63) is 87.9 Å². The summed E-state index contributed by atoms with van der Waals surface area (Å²) in [7, 11) is -4.11. The van der Waals surface area contributed by atoms with Crippen molar-refractivity contribution in [1.82, 2.24) is 5.43 Å². The van der Waals surface area contributed by atoms with Crippen LogP contribution in [0.1, 0.15) is 25.0 Å². The van der Waals surface area contributed by atoms with Crippen LogP contribution >= 0.6 is 23.2 Å². The van der Waals surface area contributed by atoms with Gasteiger partial charge in [0.2, 0.25) is 0 Å². The molecule has 0 radical (unpaired) electrons. The number of aryl methyl sites for hydroxylation is 1. The SMILES string of the molecule is CCOc1ccc(/C(C)=N\NC(=O)CN(c2cc(Cl)cc(Cl)c2)S(=O)(=O)c2ccc(C)cc2)cc1. The maximum absolute atomic E-state index is 13.5. The van der Waals surface area contributed by atoms with Crippen molar-refractivity contribution < 1.29 is 17.9 Å². The summed E-state index contributed by atoms with van der Waals surface area (Å²) >= 11 is 12.2. The molecule has 0 aliphatic heterocycles. The first-order valence-corrected chi connectivity index (χ1v) is 12.9. The molecule has 0 aliphatic carbocycles. The highest BCUT2D eigenvalue weighted by atomic mass is 35.5. The molecule has 0 unspecified atom stereocenters. The minimum atomic E-state index is -4.11. The molecule has 3 aromatic carbocycles. The zero-order valence-electron chi connectivity index (χ0n) is 19.5. The third-order valence-electron chi connectivity index (χ3n) is 4.96. The summed E-state index contributed by atoms with van der Waals surface area (Å²) in [4.78, 5) is 12.8. The standard InChI is InChI=1S/C25H25Cl2N3O4S/c1-4-34-23-9-7-19(8-10-23)18(3)28-29-25(31)16-30(22-14-20(26)13-21(27)15-22)35(32,33)24-11-5-17(2)6-12-24/h5-15H,4,16H2,1-3H3,(H,29,31)/b28-18-. The molecule has 184 valence electrons. The third kappa shape index (κ3) is 6.97. The Kier molecular flexibility index (Phi) is 8.77. The molecule has 0 atom stereocenters. The molecule has 0 aromatic heterocycles. The number of rotatable bonds is 9. The first kappa shape index (κ1) is 26.5. The van der Waals surface area contributed by atoms with Crippen molar-refractivity contribution in [1.29, 1.82) is 0 Å². The molecule has 10 heteroatoms. The van der Waals surface area contributed by atoms with E-state index in [1.54, 1.807) is 31.2 Å². The van der Waals surface area contributed by atoms with Crippen LogP contribution in [-0.2, 0) is 14.8 Å². The summed E-state index contributed by atoms with van der Waals surface area (Å²) in [5.74, 6) is 0.0901. The van der Waals surface area contributed by atoms with Crippen molar-refractivity contribution >= 4 is 50.5 Å². The Bertz CT molecular complexity index is 1310. The lowest BCUT2D eigenvalue weighted by Gasteiger charge is -2.24. The van der Waals surface area contributed by atoms with E-state index in [0.717, 1.165) is 21.2 Å². The van der Waals surface area contributed by atoms with E-state index in [2.05, 4.69) is 10.5 Å². The van der Waals surface area contributed by atoms with Crippen molar-refractivity contribution in [3.63, 3.8) is 0 Å². The van der Waals surface area contributed by atoms with Gasteiger partial charge in [-0.3, -0.25) is 9.10 Å². The molecular weight excluding hydrogens is 509 g/mol. The topological polar surface area (TPSA) is 88.1 Å². The van der Waals surface area contributed by atoms with Crippen LogP contribution < -0.4 is 14.5 Å². The van der Waals surface area contributed by atoms with Gasteiger partial charge < -0.3 is 4.74 Å². The first-order valence-electron chi connectivity index (χ1n) is 10.7.